The second-order valence-electron chi connectivity index (χ2n) is 9.34. The number of aromatic hydroxyl groups is 2. The van der Waals surface area contributed by atoms with Crippen molar-refractivity contribution in [2.24, 2.45) is 0 Å². The number of aryl methyl sites for hydroxylation is 1. The highest BCUT2D eigenvalue weighted by Crippen LogP contribution is 2.33. The van der Waals surface area contributed by atoms with Crippen LogP contribution in [0.3, 0.4) is 0 Å². The summed E-state index contributed by atoms with van der Waals surface area (Å²) in [5.41, 5.74) is 7.54. The first-order valence-electron chi connectivity index (χ1n) is 12.7. The zero-order chi connectivity index (χ0) is 25.0. The van der Waals surface area contributed by atoms with Gasteiger partial charge in [-0.2, -0.15) is 0 Å². The van der Waals surface area contributed by atoms with Crippen molar-refractivity contribution in [1.82, 2.24) is 4.90 Å². The molecule has 0 fully saturated rings. The van der Waals surface area contributed by atoms with E-state index in [-0.39, 0.29) is 23.9 Å². The third-order valence-electron chi connectivity index (χ3n) is 6.24. The lowest BCUT2D eigenvalue weighted by molar-refractivity contribution is 0.417. The molecular formula is C32H40ClNO2. The average Bonchev–Trinajstić information content (AvgIpc) is 3.00. The smallest absolute Gasteiger partial charge is 0.122 e. The van der Waals surface area contributed by atoms with Crippen LogP contribution < -0.4 is 0 Å². The standard InChI is InChI=1S/C20H21N.C12H18O2.ClH/c1-21(2)15-7-12-20-18-10-5-3-8-16(18)13-14-17-9-4-6-11-19(17)20;1-2-3-4-5-6-10-7-8-11(13)9-12(10)14;/h3-6,8-14H,7,15H2,1-2H3;7-9,13-14H,2-6H2,1H3;1H. The first-order chi connectivity index (χ1) is 17.0. The van der Waals surface area contributed by atoms with Crippen molar-refractivity contribution in [2.75, 3.05) is 20.6 Å². The van der Waals surface area contributed by atoms with Crippen LogP contribution in [0.4, 0.5) is 0 Å². The number of phenols is 2. The van der Waals surface area contributed by atoms with Gasteiger partial charge in [-0.1, -0.05) is 99.0 Å². The summed E-state index contributed by atoms with van der Waals surface area (Å²) >= 11 is 0. The number of benzene rings is 3. The van der Waals surface area contributed by atoms with Crippen LogP contribution in [0.2, 0.25) is 0 Å². The van der Waals surface area contributed by atoms with Crippen molar-refractivity contribution in [2.45, 2.75) is 45.4 Å². The monoisotopic (exact) mass is 505 g/mol. The zero-order valence-corrected chi connectivity index (χ0v) is 22.6. The van der Waals surface area contributed by atoms with E-state index in [1.807, 2.05) is 0 Å². The number of hydrogen-bond donors (Lipinski definition) is 2. The van der Waals surface area contributed by atoms with Gasteiger partial charge < -0.3 is 15.1 Å². The summed E-state index contributed by atoms with van der Waals surface area (Å²) in [7, 11) is 4.24. The SMILES string of the molecule is CCCCCCc1ccc(O)cc1O.CN(C)CCC=C1c2ccccc2C=Cc2ccccc21.Cl. The Morgan fingerprint density at radius 1 is 0.778 bits per heavy atom. The quantitative estimate of drug-likeness (QED) is 0.237. The predicted molar refractivity (Wildman–Crippen MR) is 157 cm³/mol. The molecule has 1 aliphatic rings. The lowest BCUT2D eigenvalue weighted by Gasteiger charge is -2.13. The molecule has 0 radical (unpaired) electrons. The van der Waals surface area contributed by atoms with Crippen LogP contribution >= 0.6 is 12.4 Å². The topological polar surface area (TPSA) is 43.7 Å². The number of phenolic OH excluding ortho intramolecular Hbond substituents is 2. The van der Waals surface area contributed by atoms with Gasteiger partial charge in [0.1, 0.15) is 11.5 Å². The van der Waals surface area contributed by atoms with E-state index < -0.39 is 0 Å². The Hall–Kier alpha value is -3.01. The highest BCUT2D eigenvalue weighted by atomic mass is 35.5. The molecule has 4 rings (SSSR count). The number of unbranched alkanes of at least 4 members (excludes halogenated alkanes) is 3. The molecule has 192 valence electrons. The Bertz CT molecular complexity index is 1100. The summed E-state index contributed by atoms with van der Waals surface area (Å²) < 4.78 is 0. The van der Waals surface area contributed by atoms with Gasteiger partial charge in [-0.05, 0) is 72.8 Å². The average molecular weight is 506 g/mol. The third-order valence-corrected chi connectivity index (χ3v) is 6.24. The number of rotatable bonds is 8. The van der Waals surface area contributed by atoms with Crippen LogP contribution in [-0.2, 0) is 6.42 Å². The Morgan fingerprint density at radius 3 is 1.94 bits per heavy atom. The van der Waals surface area contributed by atoms with Crippen LogP contribution in [-0.4, -0.2) is 35.8 Å². The molecular weight excluding hydrogens is 466 g/mol. The summed E-state index contributed by atoms with van der Waals surface area (Å²) in [6.45, 7) is 3.25. The van der Waals surface area contributed by atoms with E-state index in [2.05, 4.69) is 92.7 Å². The van der Waals surface area contributed by atoms with Gasteiger partial charge in [0.25, 0.3) is 0 Å². The van der Waals surface area contributed by atoms with E-state index >= 15 is 0 Å². The molecule has 36 heavy (non-hydrogen) atoms. The fraction of sp³-hybridized carbons (Fsp3) is 0.312. The second kappa shape index (κ2) is 15.2. The molecule has 2 N–H and O–H groups in total. The first-order valence-corrected chi connectivity index (χ1v) is 12.7. The van der Waals surface area contributed by atoms with Gasteiger partial charge in [0.15, 0.2) is 0 Å². The molecule has 0 saturated carbocycles. The maximum atomic E-state index is 9.49. The van der Waals surface area contributed by atoms with Crippen molar-refractivity contribution in [3.63, 3.8) is 0 Å². The number of hydrogen-bond acceptors (Lipinski definition) is 3. The van der Waals surface area contributed by atoms with Gasteiger partial charge in [0.2, 0.25) is 0 Å². The van der Waals surface area contributed by atoms with E-state index in [0.29, 0.717) is 0 Å². The maximum absolute atomic E-state index is 9.49. The minimum atomic E-state index is 0. The van der Waals surface area contributed by atoms with Gasteiger partial charge in [0, 0.05) is 12.6 Å². The van der Waals surface area contributed by atoms with Crippen LogP contribution in [0.1, 0.15) is 66.8 Å². The van der Waals surface area contributed by atoms with Crippen LogP contribution in [0, 0.1) is 0 Å². The fourth-order valence-electron chi connectivity index (χ4n) is 4.29. The molecule has 0 saturated heterocycles. The highest BCUT2D eigenvalue weighted by Gasteiger charge is 2.13. The molecule has 0 heterocycles. The van der Waals surface area contributed by atoms with E-state index in [4.69, 9.17) is 5.11 Å². The maximum Gasteiger partial charge on any atom is 0.122 e. The molecule has 0 unspecified atom stereocenters. The number of nitrogens with zero attached hydrogens (tertiary/aromatic N) is 1. The predicted octanol–water partition coefficient (Wildman–Crippen LogP) is 8.20. The Morgan fingerprint density at radius 2 is 1.39 bits per heavy atom. The van der Waals surface area contributed by atoms with Crippen molar-refractivity contribution in [3.8, 4) is 11.5 Å². The molecule has 4 heteroatoms. The van der Waals surface area contributed by atoms with Crippen LogP contribution in [0.5, 0.6) is 11.5 Å². The Labute approximate surface area is 223 Å². The zero-order valence-electron chi connectivity index (χ0n) is 21.8. The molecule has 0 spiro atoms. The molecule has 1 aliphatic carbocycles. The lowest BCUT2D eigenvalue weighted by Crippen LogP contribution is -2.12. The first kappa shape index (κ1) is 29.2. The van der Waals surface area contributed by atoms with Crippen LogP contribution in [0.15, 0.2) is 72.8 Å². The molecule has 0 aromatic heterocycles. The van der Waals surface area contributed by atoms with Crippen molar-refractivity contribution >= 4 is 30.1 Å². The summed E-state index contributed by atoms with van der Waals surface area (Å²) in [5, 5.41) is 18.6. The van der Waals surface area contributed by atoms with Gasteiger partial charge in [-0.25, -0.2) is 0 Å². The van der Waals surface area contributed by atoms with Gasteiger partial charge >= 0.3 is 0 Å². The van der Waals surface area contributed by atoms with Crippen molar-refractivity contribution in [3.05, 3.63) is 101 Å². The molecule has 0 aliphatic heterocycles. The molecule has 3 nitrogen and oxygen atoms in total. The van der Waals surface area contributed by atoms with Gasteiger partial charge in [-0.3, -0.25) is 0 Å². The van der Waals surface area contributed by atoms with E-state index in [1.54, 1.807) is 12.1 Å². The number of fused-ring (bicyclic) bond motifs is 2. The van der Waals surface area contributed by atoms with Gasteiger partial charge in [-0.15, -0.1) is 12.4 Å². The van der Waals surface area contributed by atoms with Crippen molar-refractivity contribution in [1.29, 1.82) is 0 Å². The molecule has 3 aromatic carbocycles. The van der Waals surface area contributed by atoms with E-state index in [1.165, 1.54) is 53.2 Å². The lowest BCUT2D eigenvalue weighted by atomic mass is 9.93. The summed E-state index contributed by atoms with van der Waals surface area (Å²) in [6, 6.07) is 22.1. The highest BCUT2D eigenvalue weighted by molar-refractivity contribution is 5.93. The normalized spacial score (nSPS) is 11.5. The molecule has 0 atom stereocenters. The second-order valence-corrected chi connectivity index (χ2v) is 9.34. The summed E-state index contributed by atoms with van der Waals surface area (Å²) in [4.78, 5) is 2.23. The van der Waals surface area contributed by atoms with Crippen LogP contribution in [0.25, 0.3) is 17.7 Å². The minimum absolute atomic E-state index is 0. The van der Waals surface area contributed by atoms with E-state index in [9.17, 15) is 5.11 Å². The Balaban J connectivity index is 0.000000268. The third kappa shape index (κ3) is 8.58. The molecule has 3 aromatic rings. The molecule has 0 bridgehead atoms. The molecule has 0 amide bonds. The van der Waals surface area contributed by atoms with Crippen molar-refractivity contribution < 1.29 is 10.2 Å². The Kier molecular flexibility index (Phi) is 12.3. The van der Waals surface area contributed by atoms with Gasteiger partial charge in [0.05, 0.1) is 0 Å². The number of halogens is 1. The largest absolute Gasteiger partial charge is 0.508 e. The summed E-state index contributed by atoms with van der Waals surface area (Å²) in [5.74, 6) is 0.335. The summed E-state index contributed by atoms with van der Waals surface area (Å²) in [6.07, 6.45) is 13.6. The fourth-order valence-corrected chi connectivity index (χ4v) is 4.29. The van der Waals surface area contributed by atoms with E-state index in [0.717, 1.165) is 31.4 Å². The minimum Gasteiger partial charge on any atom is -0.508 e.